The Kier molecular flexibility index (Phi) is 4.92. The van der Waals surface area contributed by atoms with Crippen molar-refractivity contribution < 1.29 is 18.4 Å². The van der Waals surface area contributed by atoms with Gasteiger partial charge >= 0.3 is 0 Å². The number of carbonyl (C=O) groups excluding carboxylic acids is 2. The van der Waals surface area contributed by atoms with Crippen molar-refractivity contribution in [1.29, 1.82) is 0 Å². The highest BCUT2D eigenvalue weighted by Gasteiger charge is 2.27. The molecule has 6 nitrogen and oxygen atoms in total. The molecule has 2 N–H and O–H groups in total. The van der Waals surface area contributed by atoms with Gasteiger partial charge in [0.2, 0.25) is 5.91 Å². The molecule has 1 fully saturated rings. The van der Waals surface area contributed by atoms with E-state index in [1.165, 1.54) is 31.3 Å². The summed E-state index contributed by atoms with van der Waals surface area (Å²) < 4.78 is 28.7. The van der Waals surface area contributed by atoms with E-state index in [0.29, 0.717) is 43.2 Å². The van der Waals surface area contributed by atoms with E-state index in [4.69, 9.17) is 0 Å². The Balaban J connectivity index is 1.49. The maximum Gasteiger partial charge on any atom is 0.257 e. The van der Waals surface area contributed by atoms with Gasteiger partial charge in [-0.3, -0.25) is 9.59 Å². The fraction of sp³-hybridized carbons (Fsp3) is 0.238. The first-order chi connectivity index (χ1) is 13.9. The van der Waals surface area contributed by atoms with Crippen LogP contribution in [0.3, 0.4) is 0 Å². The molecule has 0 saturated carbocycles. The molecule has 0 unspecified atom stereocenters. The van der Waals surface area contributed by atoms with E-state index in [-0.39, 0.29) is 17.0 Å². The molecule has 0 bridgehead atoms. The van der Waals surface area contributed by atoms with Crippen molar-refractivity contribution in [1.82, 2.24) is 4.90 Å². The summed E-state index contributed by atoms with van der Waals surface area (Å²) in [5.41, 5.74) is 1.67. The zero-order valence-electron chi connectivity index (χ0n) is 15.8. The summed E-state index contributed by atoms with van der Waals surface area (Å²) in [4.78, 5) is 27.2. The van der Waals surface area contributed by atoms with E-state index in [0.717, 1.165) is 0 Å². The number of hydrogen-bond acceptors (Lipinski definition) is 4. The van der Waals surface area contributed by atoms with Crippen LogP contribution in [0.1, 0.15) is 12.5 Å². The van der Waals surface area contributed by atoms with Crippen LogP contribution in [0, 0.1) is 11.6 Å². The van der Waals surface area contributed by atoms with Gasteiger partial charge in [0.15, 0.2) is 0 Å². The van der Waals surface area contributed by atoms with Crippen molar-refractivity contribution in [2.24, 2.45) is 0 Å². The molecule has 0 spiro atoms. The fourth-order valence-corrected chi connectivity index (χ4v) is 3.61. The first-order valence-electron chi connectivity index (χ1n) is 9.31. The molecule has 8 heteroatoms. The second-order valence-electron chi connectivity index (χ2n) is 6.98. The van der Waals surface area contributed by atoms with Gasteiger partial charge in [0.25, 0.3) is 5.91 Å². The van der Waals surface area contributed by atoms with Gasteiger partial charge in [-0.1, -0.05) is 6.07 Å². The molecule has 2 aliphatic rings. The molecule has 0 aliphatic carbocycles. The first-order valence-corrected chi connectivity index (χ1v) is 9.31. The first kappa shape index (κ1) is 18.9. The predicted octanol–water partition coefficient (Wildman–Crippen LogP) is 3.04. The van der Waals surface area contributed by atoms with Crippen molar-refractivity contribution in [3.63, 3.8) is 0 Å². The zero-order chi connectivity index (χ0) is 20.5. The van der Waals surface area contributed by atoms with Crippen LogP contribution in [-0.2, 0) is 9.59 Å². The van der Waals surface area contributed by atoms with Crippen LogP contribution in [0.5, 0.6) is 0 Å². The average molecular weight is 398 g/mol. The molecule has 0 atom stereocenters. The van der Waals surface area contributed by atoms with Gasteiger partial charge < -0.3 is 20.4 Å². The van der Waals surface area contributed by atoms with Crippen LogP contribution in [0.2, 0.25) is 0 Å². The van der Waals surface area contributed by atoms with Gasteiger partial charge in [0.1, 0.15) is 11.6 Å². The number of rotatable bonds is 3. The number of hydrogen-bond donors (Lipinski definition) is 2. The second-order valence-corrected chi connectivity index (χ2v) is 6.98. The number of amides is 2. The maximum absolute atomic E-state index is 14.6. The summed E-state index contributed by atoms with van der Waals surface area (Å²) in [7, 11) is 0. The number of fused-ring (bicyclic) bond motifs is 1. The number of nitrogens with zero attached hydrogens (tertiary/aromatic N) is 2. The Morgan fingerprint density at radius 3 is 2.55 bits per heavy atom. The smallest absolute Gasteiger partial charge is 0.257 e. The van der Waals surface area contributed by atoms with E-state index >= 15 is 0 Å². The number of halogens is 2. The molecule has 2 aromatic rings. The molecule has 29 heavy (non-hydrogen) atoms. The topological polar surface area (TPSA) is 64.7 Å². The minimum atomic E-state index is -0.500. The number of carbonyl (C=O) groups is 2. The Bertz CT molecular complexity index is 1010. The van der Waals surface area contributed by atoms with E-state index in [1.807, 2.05) is 4.90 Å². The summed E-state index contributed by atoms with van der Waals surface area (Å²) in [6, 6.07) is 9.11. The summed E-state index contributed by atoms with van der Waals surface area (Å²) in [5.74, 6) is -1.31. The normalized spacial score (nSPS) is 17.3. The van der Waals surface area contributed by atoms with Gasteiger partial charge in [0.05, 0.1) is 16.9 Å². The lowest BCUT2D eigenvalue weighted by Crippen LogP contribution is -2.48. The molecular formula is C21H20F2N4O2. The SMILES string of the molecule is CC(=O)N1CCN(c2ccc(NC=C3C(=O)Nc4cccc(F)c43)cc2F)CC1. The van der Waals surface area contributed by atoms with Gasteiger partial charge in [-0.15, -0.1) is 0 Å². The van der Waals surface area contributed by atoms with Crippen molar-refractivity contribution >= 4 is 34.4 Å². The van der Waals surface area contributed by atoms with Crippen molar-refractivity contribution in [2.75, 3.05) is 41.7 Å². The fourth-order valence-electron chi connectivity index (χ4n) is 3.61. The lowest BCUT2D eigenvalue weighted by molar-refractivity contribution is -0.129. The molecule has 2 amide bonds. The Morgan fingerprint density at radius 2 is 1.86 bits per heavy atom. The molecule has 2 heterocycles. The largest absolute Gasteiger partial charge is 0.366 e. The van der Waals surface area contributed by atoms with Gasteiger partial charge in [0, 0.05) is 50.6 Å². The highest BCUT2D eigenvalue weighted by Crippen LogP contribution is 2.34. The summed E-state index contributed by atoms with van der Waals surface area (Å²) in [6.07, 6.45) is 1.38. The molecule has 4 rings (SSSR count). The van der Waals surface area contributed by atoms with Crippen molar-refractivity contribution in [3.05, 3.63) is 59.8 Å². The highest BCUT2D eigenvalue weighted by molar-refractivity contribution is 6.31. The van der Waals surface area contributed by atoms with E-state index in [1.54, 1.807) is 23.1 Å². The van der Waals surface area contributed by atoms with Gasteiger partial charge in [-0.2, -0.15) is 0 Å². The van der Waals surface area contributed by atoms with Crippen LogP contribution in [0.15, 0.2) is 42.6 Å². The van der Waals surface area contributed by atoms with Gasteiger partial charge in [-0.05, 0) is 30.3 Å². The standard InChI is InChI=1S/C21H20F2N4O2/c1-13(28)26-7-9-27(10-8-26)19-6-5-14(11-17(19)23)24-12-15-20-16(22)3-2-4-18(20)25-21(15)29/h2-6,11-12,24H,7-10H2,1H3,(H,25,29). The molecular weight excluding hydrogens is 378 g/mol. The third kappa shape index (κ3) is 3.65. The van der Waals surface area contributed by atoms with E-state index in [2.05, 4.69) is 10.6 Å². The van der Waals surface area contributed by atoms with Crippen molar-refractivity contribution in [2.45, 2.75) is 6.92 Å². The van der Waals surface area contributed by atoms with Crippen LogP contribution in [-0.4, -0.2) is 42.9 Å². The Morgan fingerprint density at radius 1 is 1.10 bits per heavy atom. The summed E-state index contributed by atoms with van der Waals surface area (Å²) in [5, 5.41) is 5.48. The lowest BCUT2D eigenvalue weighted by Gasteiger charge is -2.35. The maximum atomic E-state index is 14.6. The highest BCUT2D eigenvalue weighted by atomic mass is 19.1. The molecule has 1 saturated heterocycles. The number of piperazine rings is 1. The van der Waals surface area contributed by atoms with E-state index in [9.17, 15) is 18.4 Å². The monoisotopic (exact) mass is 398 g/mol. The quantitative estimate of drug-likeness (QED) is 0.781. The number of nitrogens with one attached hydrogen (secondary N) is 2. The molecule has 0 radical (unpaired) electrons. The minimum absolute atomic E-state index is 0.0201. The van der Waals surface area contributed by atoms with Crippen LogP contribution >= 0.6 is 0 Å². The molecule has 2 aromatic carbocycles. The van der Waals surface area contributed by atoms with Crippen molar-refractivity contribution in [3.8, 4) is 0 Å². The molecule has 0 aromatic heterocycles. The lowest BCUT2D eigenvalue weighted by atomic mass is 10.1. The Hall–Kier alpha value is -3.42. The third-order valence-electron chi connectivity index (χ3n) is 5.17. The third-order valence-corrected chi connectivity index (χ3v) is 5.17. The number of benzene rings is 2. The van der Waals surface area contributed by atoms with Crippen LogP contribution in [0.4, 0.5) is 25.8 Å². The minimum Gasteiger partial charge on any atom is -0.366 e. The second kappa shape index (κ2) is 7.54. The van der Waals surface area contributed by atoms with Crippen LogP contribution in [0.25, 0.3) is 5.57 Å². The average Bonchev–Trinajstić information content (AvgIpc) is 3.03. The Labute approximate surface area is 166 Å². The molecule has 150 valence electrons. The summed E-state index contributed by atoms with van der Waals surface area (Å²) in [6.45, 7) is 3.76. The van der Waals surface area contributed by atoms with Gasteiger partial charge in [-0.25, -0.2) is 8.78 Å². The summed E-state index contributed by atoms with van der Waals surface area (Å²) >= 11 is 0. The molecule has 2 aliphatic heterocycles. The zero-order valence-corrected chi connectivity index (χ0v) is 15.8. The van der Waals surface area contributed by atoms with E-state index < -0.39 is 17.5 Å². The predicted molar refractivity (Wildman–Crippen MR) is 107 cm³/mol. The number of anilines is 3. The van der Waals surface area contributed by atoms with Crippen LogP contribution < -0.4 is 15.5 Å².